The van der Waals surface area contributed by atoms with Crippen LogP contribution in [-0.4, -0.2) is 68.7 Å². The first-order valence-corrected chi connectivity index (χ1v) is 7.19. The number of nitrogens with one attached hydrogen (secondary N) is 2. The van der Waals surface area contributed by atoms with Gasteiger partial charge in [-0.3, -0.25) is 0 Å². The molecule has 2 aliphatic rings. The van der Waals surface area contributed by atoms with Crippen molar-refractivity contribution in [3.05, 3.63) is 0 Å². The average molecular weight is 254 g/mol. The second-order valence-electron chi connectivity index (χ2n) is 5.40. The summed E-state index contributed by atoms with van der Waals surface area (Å²) in [4.78, 5) is 15.8. The predicted octanol–water partition coefficient (Wildman–Crippen LogP) is 0.333. The average Bonchev–Trinajstić information content (AvgIpc) is 2.81. The monoisotopic (exact) mass is 254 g/mol. The Morgan fingerprint density at radius 3 is 2.67 bits per heavy atom. The SMILES string of the molecule is CNCCC1CCN(CCN2CCNC2=O)CC1. The summed E-state index contributed by atoms with van der Waals surface area (Å²) in [5.41, 5.74) is 0. The lowest BCUT2D eigenvalue weighted by Gasteiger charge is -2.32. The van der Waals surface area contributed by atoms with Crippen LogP contribution in [0.2, 0.25) is 0 Å². The van der Waals surface area contributed by atoms with Crippen molar-refractivity contribution in [1.82, 2.24) is 20.4 Å². The topological polar surface area (TPSA) is 47.6 Å². The lowest BCUT2D eigenvalue weighted by molar-refractivity contribution is 0.161. The normalized spacial score (nSPS) is 22.5. The minimum atomic E-state index is 0.110. The summed E-state index contributed by atoms with van der Waals surface area (Å²) >= 11 is 0. The van der Waals surface area contributed by atoms with Crippen LogP contribution >= 0.6 is 0 Å². The second kappa shape index (κ2) is 6.95. The first kappa shape index (κ1) is 13.6. The minimum absolute atomic E-state index is 0.110. The van der Waals surface area contributed by atoms with Crippen molar-refractivity contribution in [1.29, 1.82) is 0 Å². The molecule has 5 heteroatoms. The molecule has 0 saturated carbocycles. The van der Waals surface area contributed by atoms with E-state index in [2.05, 4.69) is 15.5 Å². The maximum absolute atomic E-state index is 11.4. The first-order valence-electron chi connectivity index (χ1n) is 7.19. The van der Waals surface area contributed by atoms with Gasteiger partial charge in [0.1, 0.15) is 0 Å². The zero-order valence-corrected chi connectivity index (χ0v) is 11.5. The summed E-state index contributed by atoms with van der Waals surface area (Å²) in [5.74, 6) is 0.892. The Labute approximate surface area is 110 Å². The van der Waals surface area contributed by atoms with Gasteiger partial charge in [-0.25, -0.2) is 4.79 Å². The molecule has 18 heavy (non-hydrogen) atoms. The first-order chi connectivity index (χ1) is 8.79. The van der Waals surface area contributed by atoms with Crippen molar-refractivity contribution in [3.63, 3.8) is 0 Å². The van der Waals surface area contributed by atoms with E-state index >= 15 is 0 Å². The Bertz CT molecular complexity index is 264. The van der Waals surface area contributed by atoms with Gasteiger partial charge < -0.3 is 20.4 Å². The molecule has 0 spiro atoms. The second-order valence-corrected chi connectivity index (χ2v) is 5.40. The number of hydrogen-bond donors (Lipinski definition) is 2. The Kier molecular flexibility index (Phi) is 5.26. The molecule has 0 atom stereocenters. The van der Waals surface area contributed by atoms with Gasteiger partial charge in [-0.1, -0.05) is 0 Å². The quantitative estimate of drug-likeness (QED) is 0.718. The third-order valence-electron chi connectivity index (χ3n) is 4.14. The molecule has 5 nitrogen and oxygen atoms in total. The molecule has 0 aliphatic carbocycles. The third kappa shape index (κ3) is 3.85. The van der Waals surface area contributed by atoms with Gasteiger partial charge in [-0.15, -0.1) is 0 Å². The van der Waals surface area contributed by atoms with Gasteiger partial charge in [0.05, 0.1) is 0 Å². The molecule has 0 bridgehead atoms. The van der Waals surface area contributed by atoms with Crippen LogP contribution in [0.5, 0.6) is 0 Å². The zero-order valence-electron chi connectivity index (χ0n) is 11.5. The lowest BCUT2D eigenvalue weighted by atomic mass is 9.93. The summed E-state index contributed by atoms with van der Waals surface area (Å²) in [6.45, 7) is 7.13. The minimum Gasteiger partial charge on any atom is -0.336 e. The van der Waals surface area contributed by atoms with Crippen LogP contribution in [0.1, 0.15) is 19.3 Å². The maximum atomic E-state index is 11.4. The molecule has 0 aromatic carbocycles. The Morgan fingerprint density at radius 1 is 1.28 bits per heavy atom. The fourth-order valence-electron chi connectivity index (χ4n) is 2.83. The lowest BCUT2D eigenvalue weighted by Crippen LogP contribution is -2.41. The number of piperidine rings is 1. The van der Waals surface area contributed by atoms with Gasteiger partial charge >= 0.3 is 6.03 Å². The zero-order chi connectivity index (χ0) is 12.8. The Balaban J connectivity index is 1.60. The van der Waals surface area contributed by atoms with Crippen LogP contribution in [-0.2, 0) is 0 Å². The van der Waals surface area contributed by atoms with E-state index in [-0.39, 0.29) is 6.03 Å². The van der Waals surface area contributed by atoms with Crippen LogP contribution in [0.25, 0.3) is 0 Å². The van der Waals surface area contributed by atoms with Crippen LogP contribution in [0.15, 0.2) is 0 Å². The van der Waals surface area contributed by atoms with Crippen molar-refractivity contribution in [3.8, 4) is 0 Å². The number of hydrogen-bond acceptors (Lipinski definition) is 3. The Hall–Kier alpha value is -0.810. The van der Waals surface area contributed by atoms with Gasteiger partial charge in [0.15, 0.2) is 0 Å². The molecule has 0 aromatic heterocycles. The number of urea groups is 1. The number of nitrogens with zero attached hydrogens (tertiary/aromatic N) is 2. The van der Waals surface area contributed by atoms with Crippen molar-refractivity contribution in [2.75, 3.05) is 52.9 Å². The van der Waals surface area contributed by atoms with Gasteiger partial charge in [-0.05, 0) is 51.9 Å². The smallest absolute Gasteiger partial charge is 0.317 e. The molecule has 104 valence electrons. The summed E-state index contributed by atoms with van der Waals surface area (Å²) < 4.78 is 0. The highest BCUT2D eigenvalue weighted by Gasteiger charge is 2.22. The molecule has 2 N–H and O–H groups in total. The molecule has 0 unspecified atom stereocenters. The number of amides is 2. The van der Waals surface area contributed by atoms with Crippen LogP contribution in [0.4, 0.5) is 4.79 Å². The Morgan fingerprint density at radius 2 is 2.06 bits per heavy atom. The molecule has 2 aliphatic heterocycles. The van der Waals surface area contributed by atoms with Crippen molar-refractivity contribution >= 4 is 6.03 Å². The molecule has 2 fully saturated rings. The summed E-state index contributed by atoms with van der Waals surface area (Å²) in [7, 11) is 2.02. The van der Waals surface area contributed by atoms with E-state index < -0.39 is 0 Å². The highest BCUT2D eigenvalue weighted by molar-refractivity contribution is 5.76. The van der Waals surface area contributed by atoms with Gasteiger partial charge in [-0.2, -0.15) is 0 Å². The molecule has 2 rings (SSSR count). The van der Waals surface area contributed by atoms with Crippen LogP contribution in [0, 0.1) is 5.92 Å². The fraction of sp³-hybridized carbons (Fsp3) is 0.923. The van der Waals surface area contributed by atoms with Crippen molar-refractivity contribution in [2.24, 2.45) is 5.92 Å². The van der Waals surface area contributed by atoms with Gasteiger partial charge in [0.2, 0.25) is 0 Å². The van der Waals surface area contributed by atoms with E-state index in [9.17, 15) is 4.79 Å². The maximum Gasteiger partial charge on any atom is 0.317 e. The third-order valence-corrected chi connectivity index (χ3v) is 4.14. The van der Waals surface area contributed by atoms with E-state index in [1.807, 2.05) is 11.9 Å². The number of rotatable bonds is 6. The number of carbonyl (C=O) groups excluding carboxylic acids is 1. The highest BCUT2D eigenvalue weighted by Crippen LogP contribution is 2.19. The van der Waals surface area contributed by atoms with Gasteiger partial charge in [0.25, 0.3) is 0 Å². The predicted molar refractivity (Wildman–Crippen MR) is 72.7 cm³/mol. The molecular weight excluding hydrogens is 228 g/mol. The van der Waals surface area contributed by atoms with Crippen LogP contribution in [0.3, 0.4) is 0 Å². The highest BCUT2D eigenvalue weighted by atomic mass is 16.2. The van der Waals surface area contributed by atoms with E-state index in [0.29, 0.717) is 0 Å². The van der Waals surface area contributed by atoms with Crippen molar-refractivity contribution < 1.29 is 4.79 Å². The summed E-state index contributed by atoms with van der Waals surface area (Å²) in [6, 6.07) is 0.110. The number of likely N-dealkylation sites (tertiary alicyclic amines) is 1. The molecular formula is C13H26N4O. The molecule has 2 saturated heterocycles. The van der Waals surface area contributed by atoms with E-state index in [4.69, 9.17) is 0 Å². The van der Waals surface area contributed by atoms with Crippen LogP contribution < -0.4 is 10.6 Å². The molecule has 2 amide bonds. The molecule has 2 heterocycles. The summed E-state index contributed by atoms with van der Waals surface area (Å²) in [6.07, 6.45) is 3.93. The number of carbonyl (C=O) groups is 1. The van der Waals surface area contributed by atoms with E-state index in [1.54, 1.807) is 0 Å². The summed E-state index contributed by atoms with van der Waals surface area (Å²) in [5, 5.41) is 6.08. The largest absolute Gasteiger partial charge is 0.336 e. The van der Waals surface area contributed by atoms with Crippen molar-refractivity contribution in [2.45, 2.75) is 19.3 Å². The van der Waals surface area contributed by atoms with E-state index in [1.165, 1.54) is 32.4 Å². The molecule has 0 radical (unpaired) electrons. The van der Waals surface area contributed by atoms with E-state index in [0.717, 1.165) is 38.6 Å². The van der Waals surface area contributed by atoms with Gasteiger partial charge in [0, 0.05) is 26.2 Å². The molecule has 0 aromatic rings. The fourth-order valence-corrected chi connectivity index (χ4v) is 2.83. The standard InChI is InChI=1S/C13H26N4O/c1-14-5-2-12-3-7-16(8-4-12)10-11-17-9-6-15-13(17)18/h12,14H,2-11H2,1H3,(H,15,18).